The normalized spacial score (nSPS) is 11.4. The van der Waals surface area contributed by atoms with Crippen LogP contribution in [0.5, 0.6) is 5.88 Å². The average Bonchev–Trinajstić information content (AvgIpc) is 2.88. The van der Waals surface area contributed by atoms with Gasteiger partial charge in [0.1, 0.15) is 12.2 Å². The second-order valence-electron chi connectivity index (χ2n) is 3.95. The van der Waals surface area contributed by atoms with Gasteiger partial charge in [-0.1, -0.05) is 0 Å². The van der Waals surface area contributed by atoms with Crippen LogP contribution in [0.2, 0.25) is 0 Å². The summed E-state index contributed by atoms with van der Waals surface area (Å²) in [7, 11) is 0. The molecule has 2 aromatic heterocycles. The van der Waals surface area contributed by atoms with E-state index in [1.54, 1.807) is 0 Å². The van der Waals surface area contributed by atoms with Crippen LogP contribution < -0.4 is 10.5 Å². The van der Waals surface area contributed by atoms with Gasteiger partial charge in [0.25, 0.3) is 0 Å². The van der Waals surface area contributed by atoms with Gasteiger partial charge in [-0.2, -0.15) is 18.3 Å². The number of nitrogens with two attached hydrogens (primary N) is 1. The first kappa shape index (κ1) is 14.6. The van der Waals surface area contributed by atoms with Gasteiger partial charge in [-0.25, -0.2) is 9.78 Å². The summed E-state index contributed by atoms with van der Waals surface area (Å²) in [6.07, 6.45) is -3.38. The van der Waals surface area contributed by atoms with E-state index < -0.39 is 35.0 Å². The van der Waals surface area contributed by atoms with E-state index in [-0.39, 0.29) is 6.61 Å². The fourth-order valence-electron chi connectivity index (χ4n) is 1.51. The molecule has 0 aliphatic carbocycles. The van der Waals surface area contributed by atoms with Crippen LogP contribution in [-0.2, 0) is 12.8 Å². The van der Waals surface area contributed by atoms with Crippen LogP contribution in [0.3, 0.4) is 0 Å². The van der Waals surface area contributed by atoms with Gasteiger partial charge in [-0.05, 0) is 12.1 Å². The molecule has 0 amide bonds. The van der Waals surface area contributed by atoms with Crippen molar-refractivity contribution in [1.29, 1.82) is 0 Å². The van der Waals surface area contributed by atoms with E-state index in [9.17, 15) is 18.0 Å². The van der Waals surface area contributed by atoms with Crippen LogP contribution in [-0.4, -0.2) is 26.3 Å². The van der Waals surface area contributed by atoms with Gasteiger partial charge < -0.3 is 15.6 Å². The van der Waals surface area contributed by atoms with Crippen molar-refractivity contribution in [2.24, 2.45) is 0 Å². The van der Waals surface area contributed by atoms with Crippen LogP contribution in [0.4, 0.5) is 18.9 Å². The third-order valence-corrected chi connectivity index (χ3v) is 2.45. The summed E-state index contributed by atoms with van der Waals surface area (Å²) in [5, 5.41) is 14.9. The third kappa shape index (κ3) is 3.22. The minimum Gasteiger partial charge on any atom is -0.476 e. The summed E-state index contributed by atoms with van der Waals surface area (Å²) in [6, 6.07) is 1.97. The molecule has 0 aliphatic rings. The highest BCUT2D eigenvalue weighted by atomic mass is 19.4. The number of anilines is 1. The molecule has 2 heterocycles. The summed E-state index contributed by atoms with van der Waals surface area (Å²) in [4.78, 5) is 14.2. The molecule has 0 aromatic carbocycles. The zero-order valence-corrected chi connectivity index (χ0v) is 10.3. The van der Waals surface area contributed by atoms with Crippen molar-refractivity contribution in [2.75, 3.05) is 5.73 Å². The minimum absolute atomic E-state index is 0.279. The van der Waals surface area contributed by atoms with Gasteiger partial charge in [-0.15, -0.1) is 0 Å². The molecule has 0 saturated heterocycles. The molecule has 10 heteroatoms. The largest absolute Gasteiger partial charge is 0.476 e. The second kappa shape index (κ2) is 5.31. The number of nitrogens with one attached hydrogen (secondary N) is 1. The second-order valence-corrected chi connectivity index (χ2v) is 3.95. The Balaban J connectivity index is 2.40. The fraction of sp³-hybridized carbons (Fsp3) is 0.182. The summed E-state index contributed by atoms with van der Waals surface area (Å²) in [6.45, 7) is -0.279. The summed E-state index contributed by atoms with van der Waals surface area (Å²) in [5.74, 6) is -2.41. The van der Waals surface area contributed by atoms with Gasteiger partial charge >= 0.3 is 12.1 Å². The molecule has 0 spiro atoms. The molecule has 0 fully saturated rings. The number of hydrogen-bond donors (Lipinski definition) is 3. The molecule has 0 atom stereocenters. The number of hydrogen-bond acceptors (Lipinski definition) is 5. The first-order chi connectivity index (χ1) is 9.79. The van der Waals surface area contributed by atoms with Crippen LogP contribution in [0.15, 0.2) is 18.3 Å². The molecule has 21 heavy (non-hydrogen) atoms. The fourth-order valence-corrected chi connectivity index (χ4v) is 1.51. The molecule has 112 valence electrons. The number of nitrogen functional groups attached to an aromatic ring is 1. The first-order valence-electron chi connectivity index (χ1n) is 5.51. The molecule has 0 bridgehead atoms. The van der Waals surface area contributed by atoms with Gasteiger partial charge in [0.05, 0.1) is 11.4 Å². The Hall–Kier alpha value is -2.78. The van der Waals surface area contributed by atoms with E-state index in [1.807, 2.05) is 0 Å². The highest BCUT2D eigenvalue weighted by molar-refractivity contribution is 5.91. The zero-order chi connectivity index (χ0) is 15.6. The third-order valence-electron chi connectivity index (χ3n) is 2.45. The lowest BCUT2D eigenvalue weighted by atomic mass is 10.2. The Bertz CT molecular complexity index is 655. The standard InChI is InChI=1S/C11H9F3N4O3/c12-11(13,14)6-3-7(15)8(10(19)20)17-9(6)21-4-5-1-2-16-18-5/h1-3H,4,15H2,(H,16,18)(H,19,20). The maximum atomic E-state index is 12.9. The number of pyridine rings is 1. The molecule has 0 unspecified atom stereocenters. The van der Waals surface area contributed by atoms with Crippen LogP contribution >= 0.6 is 0 Å². The Labute approximate surface area is 115 Å². The Kier molecular flexibility index (Phi) is 3.70. The van der Waals surface area contributed by atoms with Crippen molar-refractivity contribution in [1.82, 2.24) is 15.2 Å². The van der Waals surface area contributed by atoms with Crippen molar-refractivity contribution >= 4 is 11.7 Å². The van der Waals surface area contributed by atoms with Crippen LogP contribution in [0.1, 0.15) is 21.7 Å². The highest BCUT2D eigenvalue weighted by Gasteiger charge is 2.37. The van der Waals surface area contributed by atoms with Crippen molar-refractivity contribution in [2.45, 2.75) is 12.8 Å². The molecule has 0 radical (unpaired) electrons. The maximum Gasteiger partial charge on any atom is 0.421 e. The van der Waals surface area contributed by atoms with E-state index >= 15 is 0 Å². The van der Waals surface area contributed by atoms with Crippen LogP contribution in [0.25, 0.3) is 0 Å². The van der Waals surface area contributed by atoms with Gasteiger partial charge in [0, 0.05) is 6.20 Å². The smallest absolute Gasteiger partial charge is 0.421 e. The number of aromatic nitrogens is 3. The summed E-state index contributed by atoms with van der Waals surface area (Å²) >= 11 is 0. The first-order valence-corrected chi connectivity index (χ1v) is 5.51. The number of carbonyl (C=O) groups is 1. The van der Waals surface area contributed by atoms with Crippen molar-refractivity contribution in [3.63, 3.8) is 0 Å². The Morgan fingerprint density at radius 1 is 1.48 bits per heavy atom. The number of aromatic carboxylic acids is 1. The number of halogens is 3. The molecule has 0 saturated carbocycles. The molecule has 4 N–H and O–H groups in total. The number of carboxylic acids is 1. The van der Waals surface area contributed by atoms with E-state index in [2.05, 4.69) is 15.2 Å². The number of carboxylic acid groups (broad SMARTS) is 1. The SMILES string of the molecule is Nc1cc(C(F)(F)F)c(OCc2ccn[nH]2)nc1C(=O)O. The number of H-pyrrole nitrogens is 1. The van der Waals surface area contributed by atoms with E-state index in [0.717, 1.165) is 0 Å². The monoisotopic (exact) mass is 302 g/mol. The average molecular weight is 302 g/mol. The van der Waals surface area contributed by atoms with Crippen molar-refractivity contribution < 1.29 is 27.8 Å². The van der Waals surface area contributed by atoms with Crippen molar-refractivity contribution in [3.8, 4) is 5.88 Å². The van der Waals surface area contributed by atoms with Gasteiger partial charge in [-0.3, -0.25) is 5.10 Å². The lowest BCUT2D eigenvalue weighted by Gasteiger charge is -2.14. The van der Waals surface area contributed by atoms with Gasteiger partial charge in [0.15, 0.2) is 5.69 Å². The van der Waals surface area contributed by atoms with Crippen molar-refractivity contribution in [3.05, 3.63) is 35.3 Å². The summed E-state index contributed by atoms with van der Waals surface area (Å²) < 4.78 is 43.6. The molecule has 7 nitrogen and oxygen atoms in total. The number of ether oxygens (including phenoxy) is 1. The number of alkyl halides is 3. The minimum atomic E-state index is -4.78. The highest BCUT2D eigenvalue weighted by Crippen LogP contribution is 2.37. The topological polar surface area (TPSA) is 114 Å². The maximum absolute atomic E-state index is 12.9. The molecular weight excluding hydrogens is 293 g/mol. The Morgan fingerprint density at radius 3 is 2.71 bits per heavy atom. The predicted molar refractivity (Wildman–Crippen MR) is 63.5 cm³/mol. The van der Waals surface area contributed by atoms with Gasteiger partial charge in [0.2, 0.25) is 5.88 Å². The quantitative estimate of drug-likeness (QED) is 0.791. The lowest BCUT2D eigenvalue weighted by Crippen LogP contribution is -2.15. The lowest BCUT2D eigenvalue weighted by molar-refractivity contribution is -0.139. The molecular formula is C11H9F3N4O3. The number of rotatable bonds is 4. The van der Waals surface area contributed by atoms with E-state index in [0.29, 0.717) is 11.8 Å². The predicted octanol–water partition coefficient (Wildman–Crippen LogP) is 1.68. The van der Waals surface area contributed by atoms with E-state index in [4.69, 9.17) is 15.6 Å². The zero-order valence-electron chi connectivity index (χ0n) is 10.3. The Morgan fingerprint density at radius 2 is 2.19 bits per heavy atom. The summed E-state index contributed by atoms with van der Waals surface area (Å²) in [5.41, 5.74) is 3.12. The van der Waals surface area contributed by atoms with E-state index in [1.165, 1.54) is 12.3 Å². The van der Waals surface area contributed by atoms with Crippen LogP contribution in [0, 0.1) is 0 Å². The molecule has 0 aliphatic heterocycles. The molecule has 2 aromatic rings. The number of aromatic amines is 1. The molecule has 2 rings (SSSR count). The number of nitrogens with zero attached hydrogens (tertiary/aromatic N) is 2.